The van der Waals surface area contributed by atoms with E-state index in [4.69, 9.17) is 0 Å². The summed E-state index contributed by atoms with van der Waals surface area (Å²) < 4.78 is 1.66. The molecular formula is C17H24N6O. The molecule has 1 fully saturated rings. The molecule has 1 aliphatic rings. The van der Waals surface area contributed by atoms with Gasteiger partial charge < -0.3 is 9.80 Å². The summed E-state index contributed by atoms with van der Waals surface area (Å²) in [7, 11) is 3.69. The molecule has 0 bridgehead atoms. The highest BCUT2D eigenvalue weighted by Gasteiger charge is 2.28. The number of aryl methyl sites for hydroxylation is 3. The van der Waals surface area contributed by atoms with E-state index in [0.717, 1.165) is 43.1 Å². The highest BCUT2D eigenvalue weighted by atomic mass is 16.2. The van der Waals surface area contributed by atoms with Gasteiger partial charge in [-0.25, -0.2) is 4.98 Å². The number of hydrogen-bond acceptors (Lipinski definition) is 5. The molecule has 2 aromatic heterocycles. The second-order valence-corrected chi connectivity index (χ2v) is 6.43. The van der Waals surface area contributed by atoms with Crippen molar-refractivity contribution in [1.29, 1.82) is 0 Å². The molecule has 128 valence electrons. The molecule has 7 nitrogen and oxygen atoms in total. The molecule has 24 heavy (non-hydrogen) atoms. The van der Waals surface area contributed by atoms with Crippen LogP contribution in [-0.2, 0) is 7.05 Å². The molecule has 3 rings (SSSR count). The normalized spacial score (nSPS) is 15.6. The molecule has 0 aromatic carbocycles. The van der Waals surface area contributed by atoms with Gasteiger partial charge in [0.05, 0.1) is 11.4 Å². The SMILES string of the molecule is Cc1cnc(C)c(N2CCC(N(C)C(=O)c3ccn(C)n3)CC2)n1. The zero-order valence-corrected chi connectivity index (χ0v) is 14.7. The summed E-state index contributed by atoms with van der Waals surface area (Å²) in [5.41, 5.74) is 2.39. The van der Waals surface area contributed by atoms with Crippen LogP contribution in [0, 0.1) is 13.8 Å². The summed E-state index contributed by atoms with van der Waals surface area (Å²) in [6.45, 7) is 5.71. The zero-order valence-electron chi connectivity index (χ0n) is 14.7. The zero-order chi connectivity index (χ0) is 17.3. The van der Waals surface area contributed by atoms with E-state index in [1.807, 2.05) is 32.8 Å². The van der Waals surface area contributed by atoms with E-state index >= 15 is 0 Å². The quantitative estimate of drug-likeness (QED) is 0.855. The molecular weight excluding hydrogens is 304 g/mol. The number of carbonyl (C=O) groups excluding carboxylic acids is 1. The third kappa shape index (κ3) is 3.25. The lowest BCUT2D eigenvalue weighted by Crippen LogP contribution is -2.46. The fourth-order valence-electron chi connectivity index (χ4n) is 3.16. The third-order valence-electron chi connectivity index (χ3n) is 4.62. The number of amides is 1. The Morgan fingerprint density at radius 1 is 1.29 bits per heavy atom. The third-order valence-corrected chi connectivity index (χ3v) is 4.62. The van der Waals surface area contributed by atoms with Crippen LogP contribution in [0.1, 0.15) is 34.7 Å². The van der Waals surface area contributed by atoms with E-state index in [0.29, 0.717) is 5.69 Å². The van der Waals surface area contributed by atoms with Crippen molar-refractivity contribution >= 4 is 11.7 Å². The average molecular weight is 328 g/mol. The van der Waals surface area contributed by atoms with Crippen LogP contribution in [0.25, 0.3) is 0 Å². The van der Waals surface area contributed by atoms with Crippen molar-refractivity contribution in [2.24, 2.45) is 7.05 Å². The summed E-state index contributed by atoms with van der Waals surface area (Å²) in [6, 6.07) is 1.99. The van der Waals surface area contributed by atoms with Gasteiger partial charge in [-0.1, -0.05) is 0 Å². The smallest absolute Gasteiger partial charge is 0.274 e. The Labute approximate surface area is 142 Å². The second kappa shape index (κ2) is 6.59. The standard InChI is InChI=1S/C17H24N6O/c1-12-11-18-13(2)16(19-12)23-9-5-14(6-10-23)22(4)17(24)15-7-8-21(3)20-15/h7-8,11,14H,5-6,9-10H2,1-4H3. The van der Waals surface area contributed by atoms with E-state index in [2.05, 4.69) is 20.0 Å². The number of piperidine rings is 1. The summed E-state index contributed by atoms with van der Waals surface area (Å²) in [5, 5.41) is 4.21. The minimum Gasteiger partial charge on any atom is -0.355 e. The van der Waals surface area contributed by atoms with Gasteiger partial charge in [-0.05, 0) is 32.8 Å². The molecule has 3 heterocycles. The predicted molar refractivity (Wildman–Crippen MR) is 92.0 cm³/mol. The lowest BCUT2D eigenvalue weighted by atomic mass is 10.0. The largest absolute Gasteiger partial charge is 0.355 e. The molecule has 2 aromatic rings. The minimum atomic E-state index is -0.0134. The predicted octanol–water partition coefficient (Wildman–Crippen LogP) is 1.57. The molecule has 0 aliphatic carbocycles. The van der Waals surface area contributed by atoms with Crippen molar-refractivity contribution in [1.82, 2.24) is 24.6 Å². The van der Waals surface area contributed by atoms with Crippen LogP contribution >= 0.6 is 0 Å². The van der Waals surface area contributed by atoms with Crippen LogP contribution in [0.5, 0.6) is 0 Å². The van der Waals surface area contributed by atoms with Crippen molar-refractivity contribution in [2.45, 2.75) is 32.7 Å². The maximum atomic E-state index is 12.5. The first-order chi connectivity index (χ1) is 11.5. The average Bonchev–Trinajstić information content (AvgIpc) is 3.02. The maximum absolute atomic E-state index is 12.5. The van der Waals surface area contributed by atoms with Gasteiger partial charge in [-0.15, -0.1) is 0 Å². The van der Waals surface area contributed by atoms with Crippen LogP contribution in [0.15, 0.2) is 18.5 Å². The van der Waals surface area contributed by atoms with Crippen molar-refractivity contribution < 1.29 is 4.79 Å². The molecule has 0 radical (unpaired) electrons. The second-order valence-electron chi connectivity index (χ2n) is 6.43. The first-order valence-corrected chi connectivity index (χ1v) is 8.27. The van der Waals surface area contributed by atoms with Gasteiger partial charge in [0.25, 0.3) is 5.91 Å². The Morgan fingerprint density at radius 2 is 2.00 bits per heavy atom. The van der Waals surface area contributed by atoms with Crippen LogP contribution in [-0.4, -0.2) is 56.7 Å². The molecule has 0 saturated carbocycles. The Morgan fingerprint density at radius 3 is 2.62 bits per heavy atom. The molecule has 1 aliphatic heterocycles. The van der Waals surface area contributed by atoms with Crippen LogP contribution in [0.3, 0.4) is 0 Å². The molecule has 0 spiro atoms. The number of anilines is 1. The Bertz CT molecular complexity index is 732. The van der Waals surface area contributed by atoms with Crippen LogP contribution in [0.4, 0.5) is 5.82 Å². The summed E-state index contributed by atoms with van der Waals surface area (Å²) in [5.74, 6) is 0.952. The molecule has 0 atom stereocenters. The van der Waals surface area contributed by atoms with Gasteiger partial charge in [0.15, 0.2) is 0 Å². The fraction of sp³-hybridized carbons (Fsp3) is 0.529. The van der Waals surface area contributed by atoms with E-state index in [-0.39, 0.29) is 11.9 Å². The molecule has 1 amide bonds. The first kappa shape index (κ1) is 16.4. The number of hydrogen-bond donors (Lipinski definition) is 0. The number of rotatable bonds is 3. The number of aromatic nitrogens is 4. The maximum Gasteiger partial charge on any atom is 0.274 e. The van der Waals surface area contributed by atoms with Gasteiger partial charge in [0.1, 0.15) is 11.5 Å². The van der Waals surface area contributed by atoms with Crippen LogP contribution < -0.4 is 4.90 Å². The van der Waals surface area contributed by atoms with E-state index in [1.165, 1.54) is 0 Å². The van der Waals surface area contributed by atoms with Crippen LogP contribution in [0.2, 0.25) is 0 Å². The molecule has 1 saturated heterocycles. The highest BCUT2D eigenvalue weighted by molar-refractivity contribution is 5.92. The van der Waals surface area contributed by atoms with Crippen molar-refractivity contribution in [3.05, 3.63) is 35.5 Å². The van der Waals surface area contributed by atoms with E-state index < -0.39 is 0 Å². The van der Waals surface area contributed by atoms with Gasteiger partial charge in [0, 0.05) is 45.6 Å². The van der Waals surface area contributed by atoms with Gasteiger partial charge in [-0.2, -0.15) is 5.10 Å². The summed E-state index contributed by atoms with van der Waals surface area (Å²) in [6.07, 6.45) is 5.43. The Kier molecular flexibility index (Phi) is 4.51. The van der Waals surface area contributed by atoms with Crippen molar-refractivity contribution in [2.75, 3.05) is 25.0 Å². The molecule has 7 heteroatoms. The van der Waals surface area contributed by atoms with Gasteiger partial charge in [0.2, 0.25) is 0 Å². The van der Waals surface area contributed by atoms with Crippen molar-refractivity contribution in [3.63, 3.8) is 0 Å². The van der Waals surface area contributed by atoms with Crippen molar-refractivity contribution in [3.8, 4) is 0 Å². The first-order valence-electron chi connectivity index (χ1n) is 8.27. The Hall–Kier alpha value is -2.44. The lowest BCUT2D eigenvalue weighted by molar-refractivity contribution is 0.0702. The molecule has 0 N–H and O–H groups in total. The summed E-state index contributed by atoms with van der Waals surface area (Å²) in [4.78, 5) is 25.6. The lowest BCUT2D eigenvalue weighted by Gasteiger charge is -2.37. The fourth-order valence-corrected chi connectivity index (χ4v) is 3.16. The molecule has 0 unspecified atom stereocenters. The number of carbonyl (C=O) groups is 1. The van der Waals surface area contributed by atoms with E-state index in [1.54, 1.807) is 23.1 Å². The summed E-state index contributed by atoms with van der Waals surface area (Å²) >= 11 is 0. The highest BCUT2D eigenvalue weighted by Crippen LogP contribution is 2.23. The van der Waals surface area contributed by atoms with Gasteiger partial charge in [-0.3, -0.25) is 14.5 Å². The Balaban J connectivity index is 1.64. The number of nitrogens with zero attached hydrogens (tertiary/aromatic N) is 6. The van der Waals surface area contributed by atoms with Gasteiger partial charge >= 0.3 is 0 Å². The topological polar surface area (TPSA) is 67.2 Å². The van der Waals surface area contributed by atoms with E-state index in [9.17, 15) is 4.79 Å². The minimum absolute atomic E-state index is 0.0134. The monoisotopic (exact) mass is 328 g/mol.